The van der Waals surface area contributed by atoms with Gasteiger partial charge in [-0.05, 0) is 72.2 Å². The lowest BCUT2D eigenvalue weighted by molar-refractivity contribution is 0.338. The number of halogens is 2. The summed E-state index contributed by atoms with van der Waals surface area (Å²) in [6.45, 7) is 2.32. The van der Waals surface area contributed by atoms with Gasteiger partial charge < -0.3 is 4.74 Å². The molecule has 0 aliphatic rings. The first-order valence-corrected chi connectivity index (χ1v) is 10.2. The Morgan fingerprint density at radius 1 is 0.871 bits per heavy atom. The minimum atomic E-state index is -0.371. The molecule has 31 heavy (non-hydrogen) atoms. The van der Waals surface area contributed by atoms with Crippen LogP contribution in [-0.4, -0.2) is 6.61 Å². The highest BCUT2D eigenvalue weighted by atomic mass is 19.1. The molecule has 0 atom stereocenters. The minimum Gasteiger partial charge on any atom is -0.494 e. The van der Waals surface area contributed by atoms with Crippen molar-refractivity contribution in [2.75, 3.05) is 6.61 Å². The van der Waals surface area contributed by atoms with Gasteiger partial charge in [0, 0.05) is 17.0 Å². The van der Waals surface area contributed by atoms with E-state index in [1.807, 2.05) is 31.2 Å². The highest BCUT2D eigenvalue weighted by Gasteiger charge is 2.11. The summed E-state index contributed by atoms with van der Waals surface area (Å²) in [5.74, 6) is -0.128. The average Bonchev–Trinajstić information content (AvgIpc) is 2.79. The molecule has 0 amide bonds. The lowest BCUT2D eigenvalue weighted by Gasteiger charge is -2.10. The summed E-state index contributed by atoms with van der Waals surface area (Å²) >= 11 is 0. The lowest BCUT2D eigenvalue weighted by atomic mass is 9.97. The molecule has 154 valence electrons. The number of benzene rings is 4. The van der Waals surface area contributed by atoms with Gasteiger partial charge in [0.2, 0.25) is 0 Å². The highest BCUT2D eigenvalue weighted by Crippen LogP contribution is 2.31. The Bertz CT molecular complexity index is 1270. The monoisotopic (exact) mass is 413 g/mol. The third-order valence-electron chi connectivity index (χ3n) is 5.36. The number of aryl methyl sites for hydroxylation is 2. The van der Waals surface area contributed by atoms with Gasteiger partial charge in [-0.3, -0.25) is 0 Å². The van der Waals surface area contributed by atoms with E-state index in [0.29, 0.717) is 52.8 Å². The second kappa shape index (κ2) is 8.97. The first-order chi connectivity index (χ1) is 15.1. The molecule has 0 spiro atoms. The predicted octanol–water partition coefficient (Wildman–Crippen LogP) is 6.84. The molecule has 0 N–H and O–H groups in total. The molecule has 0 saturated carbocycles. The molecule has 0 bridgehead atoms. The summed E-state index contributed by atoms with van der Waals surface area (Å²) in [6, 6.07) is 23.2. The van der Waals surface area contributed by atoms with E-state index in [2.05, 4.69) is 6.07 Å². The standard InChI is InChI=1S/C27H21F2NO/c1-2-31-23-12-14-24(26(28)16-23)21-11-13-25-22(15-21)10-9-20(27(25)29)8-7-18-3-5-19(17-30)6-4-18/h3-6,9-16H,2,7-8H2,1H3. The van der Waals surface area contributed by atoms with Gasteiger partial charge in [0.15, 0.2) is 0 Å². The van der Waals surface area contributed by atoms with Crippen LogP contribution in [-0.2, 0) is 12.8 Å². The Kier molecular flexibility index (Phi) is 5.95. The quantitative estimate of drug-likeness (QED) is 0.347. The lowest BCUT2D eigenvalue weighted by Crippen LogP contribution is -1.96. The maximum absolute atomic E-state index is 15.1. The van der Waals surface area contributed by atoms with E-state index >= 15 is 4.39 Å². The van der Waals surface area contributed by atoms with Gasteiger partial charge in [-0.2, -0.15) is 5.26 Å². The van der Waals surface area contributed by atoms with Crippen LogP contribution in [0.2, 0.25) is 0 Å². The molecule has 4 heteroatoms. The van der Waals surface area contributed by atoms with E-state index in [4.69, 9.17) is 10.00 Å². The molecule has 0 unspecified atom stereocenters. The van der Waals surface area contributed by atoms with Crippen LogP contribution in [0.15, 0.2) is 72.8 Å². The molecule has 2 nitrogen and oxygen atoms in total. The van der Waals surface area contributed by atoms with Crippen LogP contribution < -0.4 is 4.74 Å². The number of nitrogens with zero attached hydrogens (tertiary/aromatic N) is 1. The van der Waals surface area contributed by atoms with Crippen molar-refractivity contribution in [3.05, 3.63) is 101 Å². The number of nitriles is 1. The molecule has 0 fully saturated rings. The van der Waals surface area contributed by atoms with E-state index in [1.54, 1.807) is 42.5 Å². The third-order valence-corrected chi connectivity index (χ3v) is 5.36. The van der Waals surface area contributed by atoms with Crippen LogP contribution in [0.3, 0.4) is 0 Å². The van der Waals surface area contributed by atoms with Crippen LogP contribution in [0.5, 0.6) is 5.75 Å². The summed E-state index contributed by atoms with van der Waals surface area (Å²) in [4.78, 5) is 0. The Hall–Kier alpha value is -3.71. The van der Waals surface area contributed by atoms with Gasteiger partial charge in [-0.25, -0.2) is 8.78 Å². The van der Waals surface area contributed by atoms with Crippen LogP contribution in [0.4, 0.5) is 8.78 Å². The van der Waals surface area contributed by atoms with E-state index < -0.39 is 0 Å². The minimum absolute atomic E-state index is 0.245. The van der Waals surface area contributed by atoms with Crippen LogP contribution in [0, 0.1) is 23.0 Å². The van der Waals surface area contributed by atoms with E-state index in [0.717, 1.165) is 10.9 Å². The SMILES string of the molecule is CCOc1ccc(-c2ccc3c(F)c(CCc4ccc(C#N)cc4)ccc3c2)c(F)c1. The maximum atomic E-state index is 15.1. The molecule has 0 aromatic heterocycles. The number of rotatable bonds is 6. The van der Waals surface area contributed by atoms with E-state index in [-0.39, 0.29) is 11.6 Å². The molecular formula is C27H21F2NO. The zero-order chi connectivity index (χ0) is 21.8. The van der Waals surface area contributed by atoms with Crippen molar-refractivity contribution in [3.8, 4) is 22.9 Å². The number of hydrogen-bond acceptors (Lipinski definition) is 2. The topological polar surface area (TPSA) is 33.0 Å². The fourth-order valence-electron chi connectivity index (χ4n) is 3.71. The van der Waals surface area contributed by atoms with Crippen molar-refractivity contribution in [1.29, 1.82) is 5.26 Å². The molecule has 0 saturated heterocycles. The number of fused-ring (bicyclic) bond motifs is 1. The second-order valence-corrected chi connectivity index (χ2v) is 7.36. The van der Waals surface area contributed by atoms with Crippen molar-refractivity contribution >= 4 is 10.8 Å². The van der Waals surface area contributed by atoms with Crippen LogP contribution in [0.1, 0.15) is 23.6 Å². The van der Waals surface area contributed by atoms with Gasteiger partial charge in [0.25, 0.3) is 0 Å². The van der Waals surface area contributed by atoms with Crippen molar-refractivity contribution in [2.24, 2.45) is 0 Å². The van der Waals surface area contributed by atoms with Crippen LogP contribution >= 0.6 is 0 Å². The van der Waals surface area contributed by atoms with Crippen molar-refractivity contribution in [1.82, 2.24) is 0 Å². The molecule has 0 heterocycles. The Balaban J connectivity index is 1.58. The fraction of sp³-hybridized carbons (Fsp3) is 0.148. The predicted molar refractivity (Wildman–Crippen MR) is 119 cm³/mol. The molecule has 4 aromatic carbocycles. The number of ether oxygens (including phenoxy) is 1. The molecule has 0 aliphatic carbocycles. The normalized spacial score (nSPS) is 10.8. The molecular weight excluding hydrogens is 392 g/mol. The Labute approximate surface area is 180 Å². The van der Waals surface area contributed by atoms with E-state index in [1.165, 1.54) is 6.07 Å². The molecule has 0 aliphatic heterocycles. The molecule has 0 radical (unpaired) electrons. The first-order valence-electron chi connectivity index (χ1n) is 10.2. The summed E-state index contributed by atoms with van der Waals surface area (Å²) in [6.07, 6.45) is 1.24. The van der Waals surface area contributed by atoms with Crippen molar-refractivity contribution in [3.63, 3.8) is 0 Å². The van der Waals surface area contributed by atoms with Gasteiger partial charge in [0.05, 0.1) is 18.2 Å². The van der Waals surface area contributed by atoms with Gasteiger partial charge in [-0.1, -0.05) is 36.4 Å². The van der Waals surface area contributed by atoms with Gasteiger partial charge >= 0.3 is 0 Å². The maximum Gasteiger partial charge on any atom is 0.134 e. The van der Waals surface area contributed by atoms with Gasteiger partial charge in [0.1, 0.15) is 17.4 Å². The molecule has 4 rings (SSSR count). The smallest absolute Gasteiger partial charge is 0.134 e. The van der Waals surface area contributed by atoms with E-state index in [9.17, 15) is 4.39 Å². The zero-order valence-corrected chi connectivity index (χ0v) is 17.2. The summed E-state index contributed by atoms with van der Waals surface area (Å²) in [7, 11) is 0. The molecule has 4 aromatic rings. The van der Waals surface area contributed by atoms with Crippen LogP contribution in [0.25, 0.3) is 21.9 Å². The largest absolute Gasteiger partial charge is 0.494 e. The third kappa shape index (κ3) is 4.41. The number of hydrogen-bond donors (Lipinski definition) is 0. The summed E-state index contributed by atoms with van der Waals surface area (Å²) in [5, 5.41) is 10.1. The van der Waals surface area contributed by atoms with Crippen molar-refractivity contribution < 1.29 is 13.5 Å². The second-order valence-electron chi connectivity index (χ2n) is 7.36. The van der Waals surface area contributed by atoms with Crippen molar-refractivity contribution in [2.45, 2.75) is 19.8 Å². The Morgan fingerprint density at radius 3 is 2.39 bits per heavy atom. The fourth-order valence-corrected chi connectivity index (χ4v) is 3.71. The first kappa shape index (κ1) is 20.6. The Morgan fingerprint density at radius 2 is 1.68 bits per heavy atom. The highest BCUT2D eigenvalue weighted by molar-refractivity contribution is 5.88. The zero-order valence-electron chi connectivity index (χ0n) is 17.2. The van der Waals surface area contributed by atoms with Gasteiger partial charge in [-0.15, -0.1) is 0 Å². The summed E-state index contributed by atoms with van der Waals surface area (Å²) < 4.78 is 35.0. The summed E-state index contributed by atoms with van der Waals surface area (Å²) in [5.41, 5.74) is 3.45. The average molecular weight is 413 g/mol.